The first kappa shape index (κ1) is 8.60. The molecule has 1 fully saturated rings. The molecule has 0 bridgehead atoms. The van der Waals surface area contributed by atoms with Crippen LogP contribution in [0.3, 0.4) is 0 Å². The predicted molar refractivity (Wildman–Crippen MR) is 43.4 cm³/mol. The fraction of sp³-hybridized carbons (Fsp3) is 0.625. The second-order valence-electron chi connectivity index (χ2n) is 3.48. The number of halogens is 1. The summed E-state index contributed by atoms with van der Waals surface area (Å²) in [6.07, 6.45) is 1.75. The van der Waals surface area contributed by atoms with Gasteiger partial charge in [-0.25, -0.2) is 0 Å². The lowest BCUT2D eigenvalue weighted by Gasteiger charge is -1.95. The van der Waals surface area contributed by atoms with Crippen LogP contribution < -0.4 is 0 Å². The first-order chi connectivity index (χ1) is 5.01. The van der Waals surface area contributed by atoms with Gasteiger partial charge in [0, 0.05) is 5.54 Å². The van der Waals surface area contributed by atoms with E-state index >= 15 is 0 Å². The first-order valence-electron chi connectivity index (χ1n) is 3.51. The van der Waals surface area contributed by atoms with Crippen LogP contribution in [0, 0.1) is 17.3 Å². The van der Waals surface area contributed by atoms with Gasteiger partial charge in [-0.2, -0.15) is 0 Å². The van der Waals surface area contributed by atoms with Crippen molar-refractivity contribution in [3.63, 3.8) is 0 Å². The van der Waals surface area contributed by atoms with E-state index in [-0.39, 0.29) is 17.3 Å². The molecule has 0 spiro atoms. The summed E-state index contributed by atoms with van der Waals surface area (Å²) in [7, 11) is 0. The number of hydrogen-bond acceptors (Lipinski definition) is 1. The van der Waals surface area contributed by atoms with Gasteiger partial charge >= 0.3 is 5.97 Å². The molecule has 3 heteroatoms. The summed E-state index contributed by atoms with van der Waals surface area (Å²) in [5.41, 5.74) is 1.28. The van der Waals surface area contributed by atoms with E-state index in [1.54, 1.807) is 6.08 Å². The van der Waals surface area contributed by atoms with Gasteiger partial charge in [-0.3, -0.25) is 4.79 Å². The first-order valence-corrected chi connectivity index (χ1v) is 3.95. The Labute approximate surface area is 70.9 Å². The van der Waals surface area contributed by atoms with E-state index in [4.69, 9.17) is 16.7 Å². The summed E-state index contributed by atoms with van der Waals surface area (Å²) in [4.78, 5) is 10.6. The third-order valence-electron chi connectivity index (χ3n) is 2.46. The average molecular weight is 175 g/mol. The Bertz CT molecular complexity index is 208. The molecule has 1 saturated carbocycles. The maximum Gasteiger partial charge on any atom is 0.307 e. The minimum Gasteiger partial charge on any atom is -0.481 e. The van der Waals surface area contributed by atoms with Crippen LogP contribution in [0.4, 0.5) is 0 Å². The lowest BCUT2D eigenvalue weighted by Crippen LogP contribution is -2.02. The fourth-order valence-electron chi connectivity index (χ4n) is 1.59. The molecule has 0 radical (unpaired) electrons. The van der Waals surface area contributed by atoms with Crippen molar-refractivity contribution >= 4 is 17.6 Å². The number of rotatable bonds is 2. The van der Waals surface area contributed by atoms with E-state index in [1.807, 2.05) is 13.8 Å². The van der Waals surface area contributed by atoms with Crippen molar-refractivity contribution < 1.29 is 9.90 Å². The second kappa shape index (κ2) is 2.52. The zero-order valence-corrected chi connectivity index (χ0v) is 7.30. The normalized spacial score (nSPS) is 34.1. The lowest BCUT2D eigenvalue weighted by atomic mass is 10.1. The largest absolute Gasteiger partial charge is 0.481 e. The molecule has 0 unspecified atom stereocenters. The fourth-order valence-corrected chi connectivity index (χ4v) is 1.74. The van der Waals surface area contributed by atoms with E-state index in [0.717, 1.165) is 0 Å². The Morgan fingerprint density at radius 1 is 1.64 bits per heavy atom. The number of carbonyl (C=O) groups is 1. The quantitative estimate of drug-likeness (QED) is 0.696. The Kier molecular flexibility index (Phi) is 1.97. The topological polar surface area (TPSA) is 37.3 Å². The molecule has 0 aliphatic heterocycles. The Balaban J connectivity index is 2.68. The molecule has 1 N–H and O–H groups in total. The molecular weight excluding hydrogens is 164 g/mol. The molecule has 62 valence electrons. The van der Waals surface area contributed by atoms with Crippen LogP contribution in [-0.2, 0) is 4.79 Å². The van der Waals surface area contributed by atoms with Crippen LogP contribution in [0.2, 0.25) is 0 Å². The van der Waals surface area contributed by atoms with Gasteiger partial charge in [-0.15, -0.1) is 0 Å². The Morgan fingerprint density at radius 3 is 2.45 bits per heavy atom. The molecule has 1 aliphatic rings. The summed E-state index contributed by atoms with van der Waals surface area (Å²) < 4.78 is 0. The third-order valence-corrected chi connectivity index (χ3v) is 2.60. The number of aliphatic carboxylic acids is 1. The van der Waals surface area contributed by atoms with Crippen LogP contribution in [0.5, 0.6) is 0 Å². The average Bonchev–Trinajstić information content (AvgIpc) is 2.35. The maximum atomic E-state index is 10.6. The van der Waals surface area contributed by atoms with Crippen molar-refractivity contribution in [2.75, 3.05) is 0 Å². The van der Waals surface area contributed by atoms with Gasteiger partial charge in [0.2, 0.25) is 0 Å². The van der Waals surface area contributed by atoms with E-state index in [1.165, 1.54) is 5.54 Å². The summed E-state index contributed by atoms with van der Waals surface area (Å²) >= 11 is 5.36. The third kappa shape index (κ3) is 1.27. The molecule has 2 nitrogen and oxygen atoms in total. The maximum absolute atomic E-state index is 10.6. The highest BCUT2D eigenvalue weighted by atomic mass is 35.5. The van der Waals surface area contributed by atoms with Crippen LogP contribution >= 0.6 is 11.6 Å². The number of allylic oxidation sites excluding steroid dienone is 1. The molecule has 11 heavy (non-hydrogen) atoms. The number of hydrogen-bond donors (Lipinski definition) is 1. The molecule has 0 heterocycles. The summed E-state index contributed by atoms with van der Waals surface area (Å²) in [5, 5.41) is 8.71. The van der Waals surface area contributed by atoms with Crippen molar-refractivity contribution in [1.82, 2.24) is 0 Å². The van der Waals surface area contributed by atoms with Crippen molar-refractivity contribution in [3.05, 3.63) is 11.6 Å². The van der Waals surface area contributed by atoms with E-state index in [0.29, 0.717) is 0 Å². The highest BCUT2D eigenvalue weighted by molar-refractivity contribution is 6.25. The van der Waals surface area contributed by atoms with E-state index in [2.05, 4.69) is 0 Å². The Hall–Kier alpha value is -0.500. The highest BCUT2D eigenvalue weighted by Crippen LogP contribution is 2.59. The van der Waals surface area contributed by atoms with Gasteiger partial charge < -0.3 is 5.11 Å². The monoisotopic (exact) mass is 174 g/mol. The standard InChI is InChI=1S/C8H11ClO2/c1-8(2)5(3-4-9)6(8)7(10)11/h3-6H,1-2H3,(H,10,11)/b4-3+/t5-,6+/m1/s1. The summed E-state index contributed by atoms with van der Waals surface area (Å²) in [6, 6.07) is 0. The van der Waals surface area contributed by atoms with Crippen molar-refractivity contribution in [2.45, 2.75) is 13.8 Å². The zero-order valence-electron chi connectivity index (χ0n) is 6.54. The summed E-state index contributed by atoms with van der Waals surface area (Å²) in [5.74, 6) is -0.871. The van der Waals surface area contributed by atoms with Gasteiger partial charge in [0.15, 0.2) is 0 Å². The van der Waals surface area contributed by atoms with E-state index in [9.17, 15) is 4.79 Å². The Morgan fingerprint density at radius 2 is 2.18 bits per heavy atom. The molecule has 0 aromatic carbocycles. The van der Waals surface area contributed by atoms with Crippen LogP contribution in [-0.4, -0.2) is 11.1 Å². The van der Waals surface area contributed by atoms with Crippen LogP contribution in [0.15, 0.2) is 11.6 Å². The highest BCUT2D eigenvalue weighted by Gasteiger charge is 2.60. The SMILES string of the molecule is CC1(C)[C@H](/C=C/Cl)[C@H]1C(=O)O. The molecule has 0 aromatic rings. The van der Waals surface area contributed by atoms with Crippen molar-refractivity contribution in [3.8, 4) is 0 Å². The summed E-state index contributed by atoms with van der Waals surface area (Å²) in [6.45, 7) is 3.88. The van der Waals surface area contributed by atoms with Crippen molar-refractivity contribution in [2.24, 2.45) is 17.3 Å². The molecule has 1 rings (SSSR count). The number of carboxylic acids is 1. The molecule has 0 saturated heterocycles. The minimum atomic E-state index is -0.727. The van der Waals surface area contributed by atoms with Crippen molar-refractivity contribution in [1.29, 1.82) is 0 Å². The zero-order chi connectivity index (χ0) is 8.65. The van der Waals surface area contributed by atoms with Crippen LogP contribution in [0.25, 0.3) is 0 Å². The van der Waals surface area contributed by atoms with Gasteiger partial charge in [-0.05, 0) is 11.3 Å². The molecule has 1 aliphatic carbocycles. The van der Waals surface area contributed by atoms with Gasteiger partial charge in [0.25, 0.3) is 0 Å². The lowest BCUT2D eigenvalue weighted by molar-refractivity contribution is -0.139. The number of carboxylic acid groups (broad SMARTS) is 1. The van der Waals surface area contributed by atoms with Crippen LogP contribution in [0.1, 0.15) is 13.8 Å². The molecular formula is C8H11ClO2. The van der Waals surface area contributed by atoms with Gasteiger partial charge in [0.1, 0.15) is 0 Å². The molecule has 2 atom stereocenters. The second-order valence-corrected chi connectivity index (χ2v) is 3.73. The molecule has 0 aromatic heterocycles. The minimum absolute atomic E-state index is 0.109. The smallest absolute Gasteiger partial charge is 0.307 e. The van der Waals surface area contributed by atoms with Gasteiger partial charge in [0.05, 0.1) is 5.92 Å². The molecule has 0 amide bonds. The van der Waals surface area contributed by atoms with Gasteiger partial charge in [-0.1, -0.05) is 31.5 Å². The van der Waals surface area contributed by atoms with E-state index < -0.39 is 5.97 Å². The predicted octanol–water partition coefficient (Wildman–Crippen LogP) is 2.10.